The van der Waals surface area contributed by atoms with Gasteiger partial charge in [0.1, 0.15) is 0 Å². The van der Waals surface area contributed by atoms with Crippen molar-refractivity contribution in [2.45, 2.75) is 228 Å². The molecule has 0 radical (unpaired) electrons. The van der Waals surface area contributed by atoms with Crippen molar-refractivity contribution in [2.75, 3.05) is 19.1 Å². The molecule has 0 aliphatic heterocycles. The number of ether oxygens (including phenoxy) is 1. The van der Waals surface area contributed by atoms with E-state index in [9.17, 15) is 4.79 Å². The standard InChI is InChI=1S/C30H60BO2S.3C4H9.Sn/c1-8-13-17-21-25-28(24-20-16-11-4)31(26-22-18-14-9-2,27-23-19-15-10-3)29(34(6)7)30(32)33-12-5;3*1-3-4-2;/h29H,8-23,25-27H2,1-7H3;3*1,3-4H2,2H3;. The second-order valence-electron chi connectivity index (χ2n) is 15.6. The van der Waals surface area contributed by atoms with Gasteiger partial charge < -0.3 is 0 Å². The van der Waals surface area contributed by atoms with Crippen molar-refractivity contribution in [1.29, 1.82) is 0 Å². The van der Waals surface area contributed by atoms with Gasteiger partial charge in [0.2, 0.25) is 0 Å². The predicted octanol–water partition coefficient (Wildman–Crippen LogP) is 14.3. The van der Waals surface area contributed by atoms with Crippen LogP contribution in [-0.4, -0.2) is 54.8 Å². The molecule has 0 fully saturated rings. The van der Waals surface area contributed by atoms with Crippen molar-refractivity contribution in [2.24, 2.45) is 0 Å². The van der Waals surface area contributed by atoms with Crippen molar-refractivity contribution in [3.05, 3.63) is 9.06 Å². The van der Waals surface area contributed by atoms with E-state index < -0.39 is 24.5 Å². The molecule has 0 saturated heterocycles. The summed E-state index contributed by atoms with van der Waals surface area (Å²) in [5.41, 5.74) is 1.95. The third-order valence-corrected chi connectivity index (χ3v) is 29.8. The van der Waals surface area contributed by atoms with E-state index >= 15 is 0 Å². The molecule has 0 aromatic rings. The van der Waals surface area contributed by atoms with Crippen LogP contribution in [0.2, 0.25) is 26.0 Å². The topological polar surface area (TPSA) is 26.3 Å². The Morgan fingerprint density at radius 3 is 1.36 bits per heavy atom. The molecule has 47 heavy (non-hydrogen) atoms. The molecule has 0 saturated carbocycles. The van der Waals surface area contributed by atoms with Gasteiger partial charge in [-0.05, 0) is 0 Å². The van der Waals surface area contributed by atoms with Crippen LogP contribution in [0.3, 0.4) is 0 Å². The monoisotopic (exact) mass is 787 g/mol. The minimum absolute atomic E-state index is 0.0209. The molecule has 0 aliphatic carbocycles. The summed E-state index contributed by atoms with van der Waals surface area (Å²) < 4.78 is 12.9. The zero-order chi connectivity index (χ0) is 35.4. The second-order valence-corrected chi connectivity index (χ2v) is 31.2. The van der Waals surface area contributed by atoms with Crippen LogP contribution < -0.4 is 0 Å². The van der Waals surface area contributed by atoms with E-state index in [1.807, 2.05) is 12.4 Å². The molecule has 280 valence electrons. The Morgan fingerprint density at radius 2 is 0.979 bits per heavy atom. The number of esters is 1. The second kappa shape index (κ2) is 30.1. The molecule has 2 nitrogen and oxygen atoms in total. The maximum absolute atomic E-state index is 14.5. The minimum atomic E-state index is -2.81. The summed E-state index contributed by atoms with van der Waals surface area (Å²) in [5, 5.41) is 0.0588. The number of carbonyl (C=O) groups is 1. The van der Waals surface area contributed by atoms with E-state index in [0.29, 0.717) is 6.61 Å². The predicted molar refractivity (Wildman–Crippen MR) is 223 cm³/mol. The van der Waals surface area contributed by atoms with E-state index in [1.165, 1.54) is 154 Å². The first-order chi connectivity index (χ1) is 22.7. The summed E-state index contributed by atoms with van der Waals surface area (Å²) in [6.45, 7) is 19.3. The summed E-state index contributed by atoms with van der Waals surface area (Å²) in [6.07, 6.45) is 35.4. The molecule has 1 atom stereocenters. The fourth-order valence-electron chi connectivity index (χ4n) is 9.07. The van der Waals surface area contributed by atoms with Crippen molar-refractivity contribution in [1.82, 2.24) is 0 Å². The molecule has 0 aliphatic rings. The number of hydrogen-bond acceptors (Lipinski definition) is 2. The van der Waals surface area contributed by atoms with Crippen LogP contribution in [0.5, 0.6) is 0 Å². The molecule has 0 bridgehead atoms. The molecule has 0 aromatic carbocycles. The molecule has 0 N–H and O–H groups in total. The molecule has 0 spiro atoms. The zero-order valence-electron chi connectivity index (χ0n) is 34.2. The Morgan fingerprint density at radius 1 is 0.553 bits per heavy atom. The van der Waals surface area contributed by atoms with Crippen LogP contribution >= 0.6 is 0 Å². The Hall–Kier alpha value is 0.424. The van der Waals surface area contributed by atoms with E-state index in [-0.39, 0.29) is 22.0 Å². The van der Waals surface area contributed by atoms with Gasteiger partial charge in [-0.25, -0.2) is 0 Å². The number of rotatable bonds is 33. The van der Waals surface area contributed by atoms with E-state index in [2.05, 4.69) is 64.6 Å². The number of unbranched alkanes of at least 4 members (excludes halogenated alkanes) is 13. The van der Waals surface area contributed by atoms with Crippen LogP contribution in [0.4, 0.5) is 0 Å². The van der Waals surface area contributed by atoms with Gasteiger partial charge in [-0.2, -0.15) is 0 Å². The summed E-state index contributed by atoms with van der Waals surface area (Å²) in [4.78, 5) is 14.5. The van der Waals surface area contributed by atoms with Crippen molar-refractivity contribution < 1.29 is 9.53 Å². The molecule has 0 aromatic heterocycles. The molecule has 0 rings (SSSR count). The SMILES string of the molecule is CCCCCC/C(=[C](\CCCC)[Sn]([CH2]CCC)([CH2]CCC)[CH2]CCC)[B-](CCCCCC)(CCCCCC)C(C(=O)OCC)[S+](C)C. The van der Waals surface area contributed by atoms with Gasteiger partial charge in [-0.1, -0.05) is 0 Å². The van der Waals surface area contributed by atoms with Crippen LogP contribution in [0.25, 0.3) is 0 Å². The Labute approximate surface area is 305 Å². The maximum atomic E-state index is 14.5. The molecular weight excluding hydrogens is 698 g/mol. The normalized spacial score (nSPS) is 13.7. The van der Waals surface area contributed by atoms with Crippen molar-refractivity contribution in [3.8, 4) is 0 Å². The van der Waals surface area contributed by atoms with Crippen molar-refractivity contribution >= 4 is 41.4 Å². The first-order valence-electron chi connectivity index (χ1n) is 21.4. The Bertz CT molecular complexity index is 749. The fourth-order valence-corrected chi connectivity index (χ4v) is 29.7. The zero-order valence-corrected chi connectivity index (χ0v) is 37.8. The van der Waals surface area contributed by atoms with Gasteiger partial charge in [0.15, 0.2) is 0 Å². The van der Waals surface area contributed by atoms with Gasteiger partial charge in [-0.15, -0.1) is 0 Å². The molecule has 1 unspecified atom stereocenters. The molecular formula is C42H87BO2SSn. The van der Waals surface area contributed by atoms with Crippen LogP contribution in [0.1, 0.15) is 197 Å². The Balaban J connectivity index is 8.23. The van der Waals surface area contributed by atoms with Gasteiger partial charge in [0.25, 0.3) is 0 Å². The van der Waals surface area contributed by atoms with E-state index in [1.54, 1.807) is 13.3 Å². The quantitative estimate of drug-likeness (QED) is 0.0287. The summed E-state index contributed by atoms with van der Waals surface area (Å²) in [5.74, 6) is 0.157. The molecule has 0 heterocycles. The van der Waals surface area contributed by atoms with Gasteiger partial charge in [0, 0.05) is 0 Å². The average molecular weight is 786 g/mol. The van der Waals surface area contributed by atoms with Crippen molar-refractivity contribution in [3.63, 3.8) is 0 Å². The van der Waals surface area contributed by atoms with E-state index in [4.69, 9.17) is 4.74 Å². The van der Waals surface area contributed by atoms with Crippen LogP contribution in [0, 0.1) is 0 Å². The third-order valence-electron chi connectivity index (χ3n) is 11.6. The number of hydrogen-bond donors (Lipinski definition) is 0. The van der Waals surface area contributed by atoms with Gasteiger partial charge in [0.05, 0.1) is 0 Å². The molecule has 5 heteroatoms. The summed E-state index contributed by atoms with van der Waals surface area (Å²) >= 11 is -2.81. The fraction of sp³-hybridized carbons (Fsp3) is 0.929. The van der Waals surface area contributed by atoms with Crippen LogP contribution in [0.15, 0.2) is 9.06 Å². The van der Waals surface area contributed by atoms with Gasteiger partial charge >= 0.3 is 307 Å². The number of carbonyl (C=O) groups excluding carboxylic acids is 1. The number of allylic oxidation sites excluding steroid dienone is 2. The summed E-state index contributed by atoms with van der Waals surface area (Å²) in [6, 6.07) is 0. The third kappa shape index (κ3) is 17.5. The van der Waals surface area contributed by atoms with Crippen LogP contribution in [-0.2, 0) is 20.4 Å². The average Bonchev–Trinajstić information content (AvgIpc) is 3.06. The van der Waals surface area contributed by atoms with E-state index in [0.717, 1.165) is 0 Å². The first-order valence-corrected chi connectivity index (χ1v) is 31.0. The van der Waals surface area contributed by atoms with Gasteiger partial charge in [-0.3, -0.25) is 0 Å². The Kier molecular flexibility index (Phi) is 30.4. The summed E-state index contributed by atoms with van der Waals surface area (Å²) in [7, 11) is -0.0209. The molecule has 0 amide bonds. The first kappa shape index (κ1) is 47.4.